The average Bonchev–Trinajstić information content (AvgIpc) is 3.00. The lowest BCUT2D eigenvalue weighted by atomic mass is 10.1. The second kappa shape index (κ2) is 5.57. The highest BCUT2D eigenvalue weighted by molar-refractivity contribution is 5.58. The number of benzene rings is 2. The summed E-state index contributed by atoms with van der Waals surface area (Å²) < 4.78 is 5.16. The fraction of sp³-hybridized carbons (Fsp3) is 0.125. The lowest BCUT2D eigenvalue weighted by Crippen LogP contribution is -1.99. The van der Waals surface area contributed by atoms with E-state index in [1.807, 2.05) is 24.3 Å². The van der Waals surface area contributed by atoms with Gasteiger partial charge in [-0.3, -0.25) is 0 Å². The number of rotatable bonds is 4. The van der Waals surface area contributed by atoms with Crippen molar-refractivity contribution in [1.82, 2.24) is 10.2 Å². The third-order valence-electron chi connectivity index (χ3n) is 3.07. The smallest absolute Gasteiger partial charge is 0.247 e. The summed E-state index contributed by atoms with van der Waals surface area (Å²) in [4.78, 5) is 0. The Morgan fingerprint density at radius 1 is 1.10 bits per heavy atom. The first-order valence-electron chi connectivity index (χ1n) is 6.47. The van der Waals surface area contributed by atoms with Crippen LogP contribution in [0.1, 0.15) is 11.1 Å². The summed E-state index contributed by atoms with van der Waals surface area (Å²) in [6.45, 7) is 2.91. The molecule has 100 valence electrons. The first-order valence-corrected chi connectivity index (χ1v) is 6.47. The molecule has 1 heterocycles. The van der Waals surface area contributed by atoms with E-state index in [0.29, 0.717) is 5.89 Å². The molecule has 0 spiro atoms. The van der Waals surface area contributed by atoms with Crippen LogP contribution in [0.15, 0.2) is 59.3 Å². The van der Waals surface area contributed by atoms with Crippen LogP contribution in [0.4, 0.5) is 5.69 Å². The van der Waals surface area contributed by atoms with Gasteiger partial charge in [0.2, 0.25) is 12.3 Å². The van der Waals surface area contributed by atoms with Crippen LogP contribution in [-0.4, -0.2) is 10.2 Å². The Hall–Kier alpha value is -2.62. The summed E-state index contributed by atoms with van der Waals surface area (Å²) >= 11 is 0. The van der Waals surface area contributed by atoms with Gasteiger partial charge in [0.1, 0.15) is 0 Å². The number of hydrogen-bond donors (Lipinski definition) is 1. The largest absolute Gasteiger partial charge is 0.423 e. The maximum absolute atomic E-state index is 5.16. The molecular formula is C16H15N3O. The van der Waals surface area contributed by atoms with Crippen LogP contribution in [0.3, 0.4) is 0 Å². The van der Waals surface area contributed by atoms with Gasteiger partial charge in [0.05, 0.1) is 0 Å². The third kappa shape index (κ3) is 2.85. The van der Waals surface area contributed by atoms with Gasteiger partial charge in [-0.15, -0.1) is 10.2 Å². The van der Waals surface area contributed by atoms with Crippen LogP contribution in [0, 0.1) is 6.92 Å². The maximum Gasteiger partial charge on any atom is 0.247 e. The molecule has 3 rings (SSSR count). The topological polar surface area (TPSA) is 51.0 Å². The quantitative estimate of drug-likeness (QED) is 0.782. The van der Waals surface area contributed by atoms with Gasteiger partial charge >= 0.3 is 0 Å². The first-order chi connectivity index (χ1) is 9.81. The lowest BCUT2D eigenvalue weighted by molar-refractivity contribution is 0.568. The van der Waals surface area contributed by atoms with Crippen LogP contribution in [0.25, 0.3) is 11.5 Å². The van der Waals surface area contributed by atoms with E-state index < -0.39 is 0 Å². The summed E-state index contributed by atoms with van der Waals surface area (Å²) in [5, 5.41) is 10.9. The summed E-state index contributed by atoms with van der Waals surface area (Å²) in [6.07, 6.45) is 1.33. The molecule has 2 aromatic carbocycles. The number of aryl methyl sites for hydroxylation is 1. The minimum Gasteiger partial charge on any atom is -0.423 e. The molecule has 0 saturated heterocycles. The zero-order valence-electron chi connectivity index (χ0n) is 11.2. The van der Waals surface area contributed by atoms with E-state index >= 15 is 0 Å². The number of hydrogen-bond acceptors (Lipinski definition) is 4. The van der Waals surface area contributed by atoms with E-state index in [1.54, 1.807) is 0 Å². The van der Waals surface area contributed by atoms with Crippen molar-refractivity contribution in [2.24, 2.45) is 0 Å². The Morgan fingerprint density at radius 2 is 1.95 bits per heavy atom. The van der Waals surface area contributed by atoms with Gasteiger partial charge in [-0.1, -0.05) is 29.8 Å². The van der Waals surface area contributed by atoms with Crippen molar-refractivity contribution < 1.29 is 4.42 Å². The second-order valence-corrected chi connectivity index (χ2v) is 4.66. The fourth-order valence-electron chi connectivity index (χ4n) is 2.06. The average molecular weight is 265 g/mol. The van der Waals surface area contributed by atoms with Crippen LogP contribution in [-0.2, 0) is 6.54 Å². The Morgan fingerprint density at radius 3 is 2.65 bits per heavy atom. The number of nitrogens with zero attached hydrogens (tertiary/aromatic N) is 2. The normalized spacial score (nSPS) is 10.4. The molecule has 3 aromatic rings. The molecule has 0 unspecified atom stereocenters. The van der Waals surface area contributed by atoms with Gasteiger partial charge in [0, 0.05) is 17.8 Å². The van der Waals surface area contributed by atoms with E-state index in [0.717, 1.165) is 17.8 Å². The van der Waals surface area contributed by atoms with Crippen LogP contribution in [0.2, 0.25) is 0 Å². The van der Waals surface area contributed by atoms with Crippen molar-refractivity contribution in [3.63, 3.8) is 0 Å². The van der Waals surface area contributed by atoms with E-state index in [4.69, 9.17) is 4.42 Å². The molecule has 0 aliphatic carbocycles. The van der Waals surface area contributed by atoms with Gasteiger partial charge in [0.15, 0.2) is 0 Å². The Kier molecular flexibility index (Phi) is 3.46. The van der Waals surface area contributed by atoms with E-state index in [1.165, 1.54) is 17.5 Å². The van der Waals surface area contributed by atoms with Gasteiger partial charge in [-0.05, 0) is 36.8 Å². The predicted molar refractivity (Wildman–Crippen MR) is 78.2 cm³/mol. The summed E-state index contributed by atoms with van der Waals surface area (Å²) in [5.41, 5.74) is 4.53. The molecule has 0 bridgehead atoms. The molecule has 0 aliphatic rings. The highest BCUT2D eigenvalue weighted by Crippen LogP contribution is 2.19. The molecule has 1 aromatic heterocycles. The Balaban J connectivity index is 1.67. The predicted octanol–water partition coefficient (Wildman–Crippen LogP) is 3.66. The maximum atomic E-state index is 5.16. The van der Waals surface area contributed by atoms with Gasteiger partial charge in [-0.2, -0.15) is 0 Å². The van der Waals surface area contributed by atoms with E-state index in [-0.39, 0.29) is 0 Å². The fourth-order valence-corrected chi connectivity index (χ4v) is 2.06. The molecule has 20 heavy (non-hydrogen) atoms. The lowest BCUT2D eigenvalue weighted by Gasteiger charge is -2.07. The zero-order valence-corrected chi connectivity index (χ0v) is 11.2. The monoisotopic (exact) mass is 265 g/mol. The molecule has 0 amide bonds. The molecule has 0 atom stereocenters. The van der Waals surface area contributed by atoms with Gasteiger partial charge in [0.25, 0.3) is 0 Å². The standard InChI is InChI=1S/C16H15N3O/c1-12-3-2-4-13(9-12)10-17-15-7-5-14(6-8-15)16-19-18-11-20-16/h2-9,11,17H,10H2,1H3. The SMILES string of the molecule is Cc1cccc(CNc2ccc(-c3nnco3)cc2)c1. The number of anilines is 1. The van der Waals surface area contributed by atoms with Crippen molar-refractivity contribution in [2.45, 2.75) is 13.5 Å². The minimum atomic E-state index is 0.537. The molecule has 0 aliphatic heterocycles. The second-order valence-electron chi connectivity index (χ2n) is 4.66. The highest BCUT2D eigenvalue weighted by atomic mass is 16.4. The van der Waals surface area contributed by atoms with Crippen molar-refractivity contribution in [3.8, 4) is 11.5 Å². The van der Waals surface area contributed by atoms with Gasteiger partial charge < -0.3 is 9.73 Å². The first kappa shape index (κ1) is 12.4. The van der Waals surface area contributed by atoms with Gasteiger partial charge in [-0.25, -0.2) is 0 Å². The molecule has 0 radical (unpaired) electrons. The van der Waals surface area contributed by atoms with E-state index in [9.17, 15) is 0 Å². The van der Waals surface area contributed by atoms with Crippen LogP contribution >= 0.6 is 0 Å². The van der Waals surface area contributed by atoms with Crippen molar-refractivity contribution in [1.29, 1.82) is 0 Å². The molecular weight excluding hydrogens is 250 g/mol. The highest BCUT2D eigenvalue weighted by Gasteiger charge is 2.02. The van der Waals surface area contributed by atoms with Crippen molar-refractivity contribution in [3.05, 3.63) is 66.1 Å². The van der Waals surface area contributed by atoms with Crippen LogP contribution in [0.5, 0.6) is 0 Å². The molecule has 4 nitrogen and oxygen atoms in total. The summed E-state index contributed by atoms with van der Waals surface area (Å²) in [5.74, 6) is 0.537. The molecule has 4 heteroatoms. The summed E-state index contributed by atoms with van der Waals surface area (Å²) in [6, 6.07) is 16.4. The zero-order chi connectivity index (χ0) is 13.8. The minimum absolute atomic E-state index is 0.537. The molecule has 0 saturated carbocycles. The van der Waals surface area contributed by atoms with E-state index in [2.05, 4.69) is 46.7 Å². The molecule has 0 fully saturated rings. The van der Waals surface area contributed by atoms with Crippen molar-refractivity contribution in [2.75, 3.05) is 5.32 Å². The third-order valence-corrected chi connectivity index (χ3v) is 3.07. The van der Waals surface area contributed by atoms with Crippen LogP contribution < -0.4 is 5.32 Å². The summed E-state index contributed by atoms with van der Waals surface area (Å²) in [7, 11) is 0. The Labute approximate surface area is 117 Å². The number of nitrogens with one attached hydrogen (secondary N) is 1. The Bertz CT molecular complexity index is 675. The molecule has 1 N–H and O–H groups in total. The number of aromatic nitrogens is 2. The van der Waals surface area contributed by atoms with Crippen molar-refractivity contribution >= 4 is 5.69 Å².